The van der Waals surface area contributed by atoms with Crippen LogP contribution < -0.4 is 11.0 Å². The molecule has 0 bridgehead atoms. The van der Waals surface area contributed by atoms with Crippen LogP contribution in [0.3, 0.4) is 0 Å². The number of amides is 1. The molecule has 0 fully saturated rings. The average molecular weight is 385 g/mol. The Kier molecular flexibility index (Phi) is 5.91. The molecule has 1 N–H and O–H groups in total. The smallest absolute Gasteiger partial charge is 0.273 e. The van der Waals surface area contributed by atoms with Gasteiger partial charge in [-0.05, 0) is 23.6 Å². The molecule has 5 nitrogen and oxygen atoms in total. The number of nitrogens with zero attached hydrogens (tertiary/aromatic N) is 2. The van der Waals surface area contributed by atoms with Gasteiger partial charge in [0, 0.05) is 11.8 Å². The molecule has 2 aromatic carbocycles. The van der Waals surface area contributed by atoms with Gasteiger partial charge in [-0.3, -0.25) is 15.0 Å². The number of nitrogens with one attached hydrogen (secondary N) is 1. The van der Waals surface area contributed by atoms with E-state index in [0.717, 1.165) is 5.56 Å². The van der Waals surface area contributed by atoms with E-state index in [9.17, 15) is 14.0 Å². The van der Waals surface area contributed by atoms with Crippen molar-refractivity contribution >= 4 is 28.6 Å². The molecule has 7 heteroatoms. The van der Waals surface area contributed by atoms with Crippen molar-refractivity contribution in [2.24, 2.45) is 5.92 Å². The predicted molar refractivity (Wildman–Crippen MR) is 106 cm³/mol. The quantitative estimate of drug-likeness (QED) is 0.520. The maximum Gasteiger partial charge on any atom is 0.281 e. The Hall–Kier alpha value is -2.67. The van der Waals surface area contributed by atoms with Crippen molar-refractivity contribution in [1.29, 1.82) is 0 Å². The molecule has 0 saturated heterocycles. The lowest BCUT2D eigenvalue weighted by Gasteiger charge is -2.14. The second-order valence-electron chi connectivity index (χ2n) is 6.60. The normalized spacial score (nSPS) is 11.1. The number of carbonyl (C=O) groups excluding carboxylic acids is 1. The standard InChI is InChI=1S/C20H20FN3O2S/c1-13(2)12-27-20-22-17-11-15(21)8-9-16(17)19(26)24(20)23-18(25)10-14-6-4-3-5-7-14/h3-9,11,13H,10,12H2,1-2H3,(H,23,25). The minimum atomic E-state index is -0.458. The SMILES string of the molecule is CC(C)CSc1nc2cc(F)ccc2c(=O)n1NC(=O)Cc1ccccc1. The van der Waals surface area contributed by atoms with Gasteiger partial charge in [-0.15, -0.1) is 0 Å². The monoisotopic (exact) mass is 385 g/mol. The minimum Gasteiger partial charge on any atom is -0.273 e. The Morgan fingerprint density at radius 1 is 1.22 bits per heavy atom. The molecule has 27 heavy (non-hydrogen) atoms. The van der Waals surface area contributed by atoms with Crippen LogP contribution in [0.2, 0.25) is 0 Å². The summed E-state index contributed by atoms with van der Waals surface area (Å²) < 4.78 is 14.7. The topological polar surface area (TPSA) is 64.0 Å². The molecule has 1 amide bonds. The van der Waals surface area contributed by atoms with E-state index >= 15 is 0 Å². The van der Waals surface area contributed by atoms with Gasteiger partial charge in [-0.2, -0.15) is 4.68 Å². The predicted octanol–water partition coefficient (Wildman–Crippen LogP) is 3.60. The Labute approximate surface area is 160 Å². The van der Waals surface area contributed by atoms with E-state index in [0.29, 0.717) is 16.8 Å². The molecule has 0 aliphatic carbocycles. The number of hydrogen-bond donors (Lipinski definition) is 1. The fourth-order valence-electron chi connectivity index (χ4n) is 2.52. The number of hydrogen-bond acceptors (Lipinski definition) is 4. The summed E-state index contributed by atoms with van der Waals surface area (Å²) >= 11 is 1.35. The number of fused-ring (bicyclic) bond motifs is 1. The highest BCUT2D eigenvalue weighted by molar-refractivity contribution is 7.99. The van der Waals surface area contributed by atoms with Crippen molar-refractivity contribution in [1.82, 2.24) is 9.66 Å². The number of aromatic nitrogens is 2. The third kappa shape index (κ3) is 4.74. The first-order valence-electron chi connectivity index (χ1n) is 8.63. The van der Waals surface area contributed by atoms with Crippen LogP contribution in [0.1, 0.15) is 19.4 Å². The second kappa shape index (κ2) is 8.35. The molecule has 1 aromatic heterocycles. The van der Waals surface area contributed by atoms with Crippen molar-refractivity contribution in [2.75, 3.05) is 11.2 Å². The molecular weight excluding hydrogens is 365 g/mol. The van der Waals surface area contributed by atoms with E-state index in [-0.39, 0.29) is 23.2 Å². The maximum atomic E-state index is 13.5. The molecule has 0 aliphatic heterocycles. The number of thioether (sulfide) groups is 1. The van der Waals surface area contributed by atoms with Crippen molar-refractivity contribution in [3.05, 3.63) is 70.3 Å². The number of carbonyl (C=O) groups is 1. The molecule has 140 valence electrons. The van der Waals surface area contributed by atoms with Crippen molar-refractivity contribution in [3.63, 3.8) is 0 Å². The van der Waals surface area contributed by atoms with Gasteiger partial charge in [0.05, 0.1) is 17.3 Å². The molecule has 3 aromatic rings. The van der Waals surface area contributed by atoms with Crippen LogP contribution in [-0.2, 0) is 11.2 Å². The largest absolute Gasteiger partial charge is 0.281 e. The Morgan fingerprint density at radius 3 is 2.67 bits per heavy atom. The zero-order valence-electron chi connectivity index (χ0n) is 15.1. The summed E-state index contributed by atoms with van der Waals surface area (Å²) in [6.45, 7) is 4.09. The Bertz CT molecular complexity index is 1020. The van der Waals surface area contributed by atoms with Crippen molar-refractivity contribution in [3.8, 4) is 0 Å². The number of rotatable bonds is 6. The first-order valence-corrected chi connectivity index (χ1v) is 9.61. The van der Waals surface area contributed by atoms with Gasteiger partial charge < -0.3 is 0 Å². The Morgan fingerprint density at radius 2 is 1.96 bits per heavy atom. The van der Waals surface area contributed by atoms with Gasteiger partial charge in [0.2, 0.25) is 5.91 Å². The van der Waals surface area contributed by atoms with Gasteiger partial charge >= 0.3 is 0 Å². The van der Waals surface area contributed by atoms with Crippen LogP contribution in [0, 0.1) is 11.7 Å². The summed E-state index contributed by atoms with van der Waals surface area (Å²) in [6, 6.07) is 13.1. The van der Waals surface area contributed by atoms with E-state index in [1.165, 1.54) is 34.6 Å². The molecule has 0 spiro atoms. The van der Waals surface area contributed by atoms with Gasteiger partial charge in [-0.1, -0.05) is 55.9 Å². The van der Waals surface area contributed by atoms with Crippen molar-refractivity contribution in [2.45, 2.75) is 25.4 Å². The van der Waals surface area contributed by atoms with Crippen LogP contribution in [-0.4, -0.2) is 21.3 Å². The highest BCUT2D eigenvalue weighted by atomic mass is 32.2. The molecule has 3 rings (SSSR count). The molecule has 0 saturated carbocycles. The van der Waals surface area contributed by atoms with Crippen LogP contribution in [0.5, 0.6) is 0 Å². The average Bonchev–Trinajstić information content (AvgIpc) is 2.63. The summed E-state index contributed by atoms with van der Waals surface area (Å²) in [5.41, 5.74) is 3.34. The van der Waals surface area contributed by atoms with Gasteiger partial charge in [0.25, 0.3) is 5.56 Å². The summed E-state index contributed by atoms with van der Waals surface area (Å²) in [5, 5.41) is 0.596. The fourth-order valence-corrected chi connectivity index (χ4v) is 3.42. The van der Waals surface area contributed by atoms with Crippen LogP contribution in [0.4, 0.5) is 4.39 Å². The highest BCUT2D eigenvalue weighted by Crippen LogP contribution is 2.20. The minimum absolute atomic E-state index is 0.142. The van der Waals surface area contributed by atoms with Gasteiger partial charge in [0.1, 0.15) is 5.82 Å². The lowest BCUT2D eigenvalue weighted by Crippen LogP contribution is -2.36. The molecule has 0 radical (unpaired) electrons. The second-order valence-corrected chi connectivity index (χ2v) is 7.59. The molecule has 0 unspecified atom stereocenters. The number of benzene rings is 2. The van der Waals surface area contributed by atoms with Crippen LogP contribution in [0.25, 0.3) is 10.9 Å². The maximum absolute atomic E-state index is 13.5. The fraction of sp³-hybridized carbons (Fsp3) is 0.250. The van der Waals surface area contributed by atoms with E-state index < -0.39 is 11.4 Å². The summed E-state index contributed by atoms with van der Waals surface area (Å²) in [6.07, 6.45) is 0.142. The lowest BCUT2D eigenvalue weighted by molar-refractivity contribution is -0.116. The van der Waals surface area contributed by atoms with Crippen LogP contribution >= 0.6 is 11.8 Å². The molecular formula is C20H20FN3O2S. The summed E-state index contributed by atoms with van der Waals surface area (Å²) in [4.78, 5) is 29.7. The summed E-state index contributed by atoms with van der Waals surface area (Å²) in [7, 11) is 0. The Balaban J connectivity index is 1.97. The zero-order valence-corrected chi connectivity index (χ0v) is 15.9. The third-order valence-corrected chi connectivity index (χ3v) is 5.16. The van der Waals surface area contributed by atoms with Crippen LogP contribution in [0.15, 0.2) is 58.5 Å². The van der Waals surface area contributed by atoms with E-state index in [4.69, 9.17) is 0 Å². The van der Waals surface area contributed by atoms with Gasteiger partial charge in [-0.25, -0.2) is 9.37 Å². The zero-order chi connectivity index (χ0) is 19.4. The molecule has 0 aliphatic rings. The third-order valence-electron chi connectivity index (χ3n) is 3.79. The first kappa shape index (κ1) is 19.1. The molecule has 1 heterocycles. The van der Waals surface area contributed by atoms with E-state index in [2.05, 4.69) is 10.4 Å². The van der Waals surface area contributed by atoms with E-state index in [1.54, 1.807) is 0 Å². The number of halogens is 1. The van der Waals surface area contributed by atoms with Gasteiger partial charge in [0.15, 0.2) is 5.16 Å². The highest BCUT2D eigenvalue weighted by Gasteiger charge is 2.15. The first-order chi connectivity index (χ1) is 12.9. The van der Waals surface area contributed by atoms with E-state index in [1.807, 2.05) is 44.2 Å². The van der Waals surface area contributed by atoms with Crippen molar-refractivity contribution < 1.29 is 9.18 Å². The lowest BCUT2D eigenvalue weighted by atomic mass is 10.1. The molecule has 0 atom stereocenters. The summed E-state index contributed by atoms with van der Waals surface area (Å²) in [5.74, 6) is 0.295.